The van der Waals surface area contributed by atoms with Crippen molar-refractivity contribution >= 4 is 39.1 Å². The van der Waals surface area contributed by atoms with Crippen LogP contribution < -0.4 is 10.6 Å². The van der Waals surface area contributed by atoms with E-state index in [0.29, 0.717) is 17.4 Å². The zero-order valence-electron chi connectivity index (χ0n) is 10.7. The summed E-state index contributed by atoms with van der Waals surface area (Å²) in [6.45, 7) is 2.15. The molecular formula is C14H18BrClN2O. The first-order valence-electron chi connectivity index (χ1n) is 6.61. The summed E-state index contributed by atoms with van der Waals surface area (Å²) in [6.07, 6.45) is 3.96. The van der Waals surface area contributed by atoms with Crippen molar-refractivity contribution in [2.24, 2.45) is 5.92 Å². The van der Waals surface area contributed by atoms with E-state index in [0.717, 1.165) is 29.7 Å². The van der Waals surface area contributed by atoms with Crippen LogP contribution in [0.3, 0.4) is 0 Å². The highest BCUT2D eigenvalue weighted by Crippen LogP contribution is 2.26. The SMILES string of the molecule is O=C(CCC1CCCNC1)Nc1ccc(Cl)cc1Br. The van der Waals surface area contributed by atoms with Gasteiger partial charge in [0.25, 0.3) is 0 Å². The Morgan fingerprint density at radius 1 is 1.53 bits per heavy atom. The van der Waals surface area contributed by atoms with Gasteiger partial charge in [-0.1, -0.05) is 11.6 Å². The fourth-order valence-corrected chi connectivity index (χ4v) is 3.09. The van der Waals surface area contributed by atoms with E-state index < -0.39 is 0 Å². The number of carbonyl (C=O) groups is 1. The molecule has 1 unspecified atom stereocenters. The Labute approximate surface area is 127 Å². The van der Waals surface area contributed by atoms with Crippen molar-refractivity contribution in [2.75, 3.05) is 18.4 Å². The molecule has 0 spiro atoms. The van der Waals surface area contributed by atoms with Gasteiger partial charge in [-0.05, 0) is 72.4 Å². The van der Waals surface area contributed by atoms with Gasteiger partial charge in [0.15, 0.2) is 0 Å². The number of anilines is 1. The summed E-state index contributed by atoms with van der Waals surface area (Å²) in [4.78, 5) is 11.9. The molecule has 1 saturated heterocycles. The van der Waals surface area contributed by atoms with Crippen molar-refractivity contribution in [2.45, 2.75) is 25.7 Å². The molecule has 0 aromatic heterocycles. The van der Waals surface area contributed by atoms with Crippen molar-refractivity contribution in [1.29, 1.82) is 0 Å². The summed E-state index contributed by atoms with van der Waals surface area (Å²) in [6, 6.07) is 5.36. The van der Waals surface area contributed by atoms with Crippen LogP contribution in [0.25, 0.3) is 0 Å². The molecule has 0 radical (unpaired) electrons. The van der Waals surface area contributed by atoms with Gasteiger partial charge in [0.2, 0.25) is 5.91 Å². The maximum absolute atomic E-state index is 11.9. The quantitative estimate of drug-likeness (QED) is 0.871. The topological polar surface area (TPSA) is 41.1 Å². The zero-order chi connectivity index (χ0) is 13.7. The minimum absolute atomic E-state index is 0.0635. The monoisotopic (exact) mass is 344 g/mol. The molecule has 1 atom stereocenters. The van der Waals surface area contributed by atoms with Crippen molar-refractivity contribution in [3.63, 3.8) is 0 Å². The lowest BCUT2D eigenvalue weighted by Crippen LogP contribution is -2.30. The first-order valence-corrected chi connectivity index (χ1v) is 7.78. The predicted octanol–water partition coefficient (Wildman–Crippen LogP) is 3.82. The van der Waals surface area contributed by atoms with Gasteiger partial charge in [0.05, 0.1) is 5.69 Å². The van der Waals surface area contributed by atoms with Gasteiger partial charge in [0.1, 0.15) is 0 Å². The first-order chi connectivity index (χ1) is 9.15. The number of halogens is 2. The lowest BCUT2D eigenvalue weighted by Gasteiger charge is -2.22. The van der Waals surface area contributed by atoms with E-state index >= 15 is 0 Å². The summed E-state index contributed by atoms with van der Waals surface area (Å²) in [5, 5.41) is 6.93. The van der Waals surface area contributed by atoms with Crippen molar-refractivity contribution in [3.8, 4) is 0 Å². The molecule has 104 valence electrons. The second-order valence-corrected chi connectivity index (χ2v) is 6.21. The molecule has 0 saturated carbocycles. The van der Waals surface area contributed by atoms with E-state index in [1.54, 1.807) is 12.1 Å². The molecule has 0 bridgehead atoms. The normalized spacial score (nSPS) is 19.2. The van der Waals surface area contributed by atoms with E-state index in [4.69, 9.17) is 11.6 Å². The highest BCUT2D eigenvalue weighted by molar-refractivity contribution is 9.10. The molecular weight excluding hydrogens is 328 g/mol. The Morgan fingerprint density at radius 2 is 2.37 bits per heavy atom. The Morgan fingerprint density at radius 3 is 3.05 bits per heavy atom. The summed E-state index contributed by atoms with van der Waals surface area (Å²) in [7, 11) is 0. The molecule has 2 N–H and O–H groups in total. The number of amides is 1. The average Bonchev–Trinajstić information content (AvgIpc) is 2.41. The third-order valence-corrected chi connectivity index (χ3v) is 4.27. The zero-order valence-corrected chi connectivity index (χ0v) is 13.1. The fourth-order valence-electron chi connectivity index (χ4n) is 2.31. The molecule has 1 aliphatic heterocycles. The van der Waals surface area contributed by atoms with Crippen LogP contribution in [0.1, 0.15) is 25.7 Å². The Kier molecular flexibility index (Phi) is 5.67. The number of hydrogen-bond donors (Lipinski definition) is 2. The van der Waals surface area contributed by atoms with Crippen LogP contribution in [-0.2, 0) is 4.79 Å². The summed E-state index contributed by atoms with van der Waals surface area (Å²) in [5.74, 6) is 0.696. The van der Waals surface area contributed by atoms with Gasteiger partial charge in [-0.3, -0.25) is 4.79 Å². The number of rotatable bonds is 4. The van der Waals surface area contributed by atoms with E-state index in [-0.39, 0.29) is 5.91 Å². The van der Waals surface area contributed by atoms with Crippen LogP contribution in [0.15, 0.2) is 22.7 Å². The number of benzene rings is 1. The van der Waals surface area contributed by atoms with Crippen LogP contribution in [0.5, 0.6) is 0 Å². The Bertz CT molecular complexity index is 447. The van der Waals surface area contributed by atoms with E-state index in [9.17, 15) is 4.79 Å². The highest BCUT2D eigenvalue weighted by atomic mass is 79.9. The minimum Gasteiger partial charge on any atom is -0.325 e. The third-order valence-electron chi connectivity index (χ3n) is 3.38. The third kappa shape index (κ3) is 4.79. The van der Waals surface area contributed by atoms with E-state index in [2.05, 4.69) is 26.6 Å². The maximum Gasteiger partial charge on any atom is 0.224 e. The molecule has 1 aromatic rings. The molecule has 19 heavy (non-hydrogen) atoms. The number of carbonyl (C=O) groups excluding carboxylic acids is 1. The van der Waals surface area contributed by atoms with Crippen molar-refractivity contribution < 1.29 is 4.79 Å². The predicted molar refractivity (Wildman–Crippen MR) is 82.6 cm³/mol. The summed E-state index contributed by atoms with van der Waals surface area (Å²) >= 11 is 9.26. The smallest absolute Gasteiger partial charge is 0.224 e. The van der Waals surface area contributed by atoms with Crippen molar-refractivity contribution in [3.05, 3.63) is 27.7 Å². The van der Waals surface area contributed by atoms with Gasteiger partial charge < -0.3 is 10.6 Å². The van der Waals surface area contributed by atoms with Gasteiger partial charge in [-0.2, -0.15) is 0 Å². The van der Waals surface area contributed by atoms with Crippen LogP contribution in [0, 0.1) is 5.92 Å². The largest absolute Gasteiger partial charge is 0.325 e. The highest BCUT2D eigenvalue weighted by Gasteiger charge is 2.14. The Balaban J connectivity index is 1.80. The van der Waals surface area contributed by atoms with Gasteiger partial charge in [0, 0.05) is 15.9 Å². The molecule has 1 amide bonds. The number of piperidine rings is 1. The van der Waals surface area contributed by atoms with E-state index in [1.165, 1.54) is 12.8 Å². The van der Waals surface area contributed by atoms with Crippen LogP contribution in [0.2, 0.25) is 5.02 Å². The first kappa shape index (κ1) is 14.8. The summed E-state index contributed by atoms with van der Waals surface area (Å²) < 4.78 is 0.813. The lowest BCUT2D eigenvalue weighted by atomic mass is 9.94. The molecule has 1 aliphatic rings. The molecule has 0 aliphatic carbocycles. The number of hydrogen-bond acceptors (Lipinski definition) is 2. The van der Waals surface area contributed by atoms with Gasteiger partial charge in [-0.15, -0.1) is 0 Å². The van der Waals surface area contributed by atoms with Crippen LogP contribution in [-0.4, -0.2) is 19.0 Å². The molecule has 5 heteroatoms. The maximum atomic E-state index is 11.9. The average molecular weight is 346 g/mol. The molecule has 1 fully saturated rings. The van der Waals surface area contributed by atoms with Crippen molar-refractivity contribution in [1.82, 2.24) is 5.32 Å². The van der Waals surface area contributed by atoms with Gasteiger partial charge >= 0.3 is 0 Å². The van der Waals surface area contributed by atoms with E-state index in [1.807, 2.05) is 6.07 Å². The molecule has 2 rings (SSSR count). The number of nitrogens with one attached hydrogen (secondary N) is 2. The van der Waals surface area contributed by atoms with Gasteiger partial charge in [-0.25, -0.2) is 0 Å². The molecule has 1 heterocycles. The lowest BCUT2D eigenvalue weighted by molar-refractivity contribution is -0.116. The van der Waals surface area contributed by atoms with Crippen LogP contribution >= 0.6 is 27.5 Å². The second kappa shape index (κ2) is 7.27. The summed E-state index contributed by atoms with van der Waals surface area (Å²) in [5.41, 5.74) is 0.774. The fraction of sp³-hybridized carbons (Fsp3) is 0.500. The minimum atomic E-state index is 0.0635. The standard InChI is InChI=1S/C14H18BrClN2O/c15-12-8-11(16)4-5-13(12)18-14(19)6-3-10-2-1-7-17-9-10/h4-5,8,10,17H,1-3,6-7,9H2,(H,18,19). The molecule has 3 nitrogen and oxygen atoms in total. The van der Waals surface area contributed by atoms with Crippen LogP contribution in [0.4, 0.5) is 5.69 Å². The second-order valence-electron chi connectivity index (χ2n) is 4.92. The Hall–Kier alpha value is -0.580. The molecule has 1 aromatic carbocycles.